The van der Waals surface area contributed by atoms with Crippen LogP contribution in [0, 0.1) is 7.43 Å². The summed E-state index contributed by atoms with van der Waals surface area (Å²) in [7, 11) is 0. The van der Waals surface area contributed by atoms with Gasteiger partial charge in [0.15, 0.2) is 0 Å². The van der Waals surface area contributed by atoms with Crippen molar-refractivity contribution in [2.24, 2.45) is 0 Å². The Labute approximate surface area is 144 Å². The van der Waals surface area contributed by atoms with Gasteiger partial charge in [-0.05, 0) is 28.3 Å². The van der Waals surface area contributed by atoms with Crippen LogP contribution in [0.1, 0.15) is 38.8 Å². The molecule has 0 heterocycles. The molecule has 1 aliphatic carbocycles. The molecule has 0 atom stereocenters. The number of fused-ring (bicyclic) bond motifs is 3. The summed E-state index contributed by atoms with van der Waals surface area (Å²) in [5.74, 6) is 0. The molecule has 2 aromatic rings. The molecule has 0 nitrogen and oxygen atoms in total. The van der Waals surface area contributed by atoms with Crippen LogP contribution in [0.4, 0.5) is 0 Å². The van der Waals surface area contributed by atoms with E-state index in [4.69, 9.17) is 0 Å². The molecule has 1 heteroatoms. The Morgan fingerprint density at radius 1 is 0.842 bits per heavy atom. The smallest absolute Gasteiger partial charge is 0 e. The van der Waals surface area contributed by atoms with Gasteiger partial charge in [0.2, 0.25) is 0 Å². The van der Waals surface area contributed by atoms with Crippen LogP contribution in [0.5, 0.6) is 0 Å². The van der Waals surface area contributed by atoms with E-state index in [-0.39, 0.29) is 40.1 Å². The number of hydrogen-bond donors (Lipinski definition) is 0. The van der Waals surface area contributed by atoms with Gasteiger partial charge in [0.25, 0.3) is 0 Å². The topological polar surface area (TPSA) is 0 Å². The Morgan fingerprint density at radius 3 is 2.16 bits per heavy atom. The van der Waals surface area contributed by atoms with Gasteiger partial charge in [0, 0.05) is 32.7 Å². The van der Waals surface area contributed by atoms with Crippen molar-refractivity contribution in [2.75, 3.05) is 0 Å². The van der Waals surface area contributed by atoms with E-state index in [9.17, 15) is 0 Å². The first kappa shape index (κ1) is 20.9. The molecule has 1 radical (unpaired) electrons. The van der Waals surface area contributed by atoms with E-state index in [0.29, 0.717) is 0 Å². The molecule has 101 valence electrons. The maximum absolute atomic E-state index is 2.23. The fourth-order valence-electron chi connectivity index (χ4n) is 2.02. The zero-order valence-corrected chi connectivity index (χ0v) is 15.7. The first-order valence-electron chi connectivity index (χ1n) is 6.62. The van der Waals surface area contributed by atoms with Gasteiger partial charge in [-0.15, -0.1) is 0 Å². The molecule has 0 N–H and O–H groups in total. The quantitative estimate of drug-likeness (QED) is 0.527. The van der Waals surface area contributed by atoms with E-state index in [0.717, 1.165) is 6.42 Å². The average molecular weight is 330 g/mol. The average Bonchev–Trinajstić information content (AvgIpc) is 2.92. The van der Waals surface area contributed by atoms with Gasteiger partial charge >= 0.3 is 0 Å². The molecule has 0 aliphatic heterocycles. The predicted octanol–water partition coefficient (Wildman–Crippen LogP) is 5.91. The van der Waals surface area contributed by atoms with Crippen LogP contribution in [0.25, 0.3) is 16.8 Å². The van der Waals surface area contributed by atoms with Crippen molar-refractivity contribution < 1.29 is 32.7 Å². The summed E-state index contributed by atoms with van der Waals surface area (Å²) in [6, 6.07) is 13.0. The minimum Gasteiger partial charge on any atom is -0.358 e. The third-order valence-electron chi connectivity index (χ3n) is 2.68. The third kappa shape index (κ3) is 4.86. The van der Waals surface area contributed by atoms with Gasteiger partial charge in [0.1, 0.15) is 0 Å². The molecule has 0 aromatic heterocycles. The second-order valence-electron chi connectivity index (χ2n) is 3.47. The Hall–Kier alpha value is -0.456. The molecule has 19 heavy (non-hydrogen) atoms. The van der Waals surface area contributed by atoms with E-state index in [1.54, 1.807) is 0 Å². The summed E-state index contributed by atoms with van der Waals surface area (Å²) >= 11 is 0. The molecule has 0 amide bonds. The molecule has 0 spiro atoms. The normalized spacial score (nSPS) is 9.89. The Kier molecular flexibility index (Phi) is 12.5. The van der Waals surface area contributed by atoms with Gasteiger partial charge in [-0.25, -0.2) is 0 Å². The van der Waals surface area contributed by atoms with Gasteiger partial charge < -0.3 is 7.43 Å². The summed E-state index contributed by atoms with van der Waals surface area (Å²) in [6.07, 6.45) is 5.56. The Balaban J connectivity index is 0. The maximum atomic E-state index is 2.23. The number of benzene rings is 2. The van der Waals surface area contributed by atoms with Crippen LogP contribution in [-0.4, -0.2) is 0 Å². The van der Waals surface area contributed by atoms with Crippen LogP contribution >= 0.6 is 0 Å². The molecule has 0 fully saturated rings. The van der Waals surface area contributed by atoms with Crippen LogP contribution < -0.4 is 0 Å². The molecule has 0 saturated heterocycles. The van der Waals surface area contributed by atoms with Gasteiger partial charge in [-0.1, -0.05) is 76.2 Å². The van der Waals surface area contributed by atoms with Gasteiger partial charge in [0.05, 0.1) is 0 Å². The second kappa shape index (κ2) is 11.4. The number of rotatable bonds is 0. The summed E-state index contributed by atoms with van der Waals surface area (Å²) in [4.78, 5) is 0. The van der Waals surface area contributed by atoms with Crippen molar-refractivity contribution in [2.45, 2.75) is 34.1 Å². The van der Waals surface area contributed by atoms with Gasteiger partial charge in [-0.3, -0.25) is 0 Å². The van der Waals surface area contributed by atoms with E-state index in [2.05, 4.69) is 48.6 Å². The first-order chi connectivity index (χ1) is 8.45. The minimum absolute atomic E-state index is 0. The number of hydrogen-bond acceptors (Lipinski definition) is 0. The van der Waals surface area contributed by atoms with Crippen LogP contribution in [0.3, 0.4) is 0 Å². The van der Waals surface area contributed by atoms with Crippen molar-refractivity contribution in [1.29, 1.82) is 0 Å². The van der Waals surface area contributed by atoms with Crippen LogP contribution in [-0.2, 0) is 39.1 Å². The minimum atomic E-state index is 0. The van der Waals surface area contributed by atoms with Crippen LogP contribution in [0.2, 0.25) is 0 Å². The summed E-state index contributed by atoms with van der Waals surface area (Å²) in [5.41, 5.74) is 2.87. The summed E-state index contributed by atoms with van der Waals surface area (Å²) in [6.45, 7) is 8.00. The third-order valence-corrected chi connectivity index (χ3v) is 2.68. The zero-order valence-electron chi connectivity index (χ0n) is 12.9. The second-order valence-corrected chi connectivity index (χ2v) is 3.47. The van der Waals surface area contributed by atoms with E-state index >= 15 is 0 Å². The van der Waals surface area contributed by atoms with E-state index in [1.807, 2.05) is 27.7 Å². The van der Waals surface area contributed by atoms with E-state index in [1.165, 1.54) is 21.9 Å². The van der Waals surface area contributed by atoms with E-state index < -0.39 is 0 Å². The molecule has 0 unspecified atom stereocenters. The van der Waals surface area contributed by atoms with Crippen molar-refractivity contribution in [3.8, 4) is 0 Å². The zero-order chi connectivity index (χ0) is 12.7. The van der Waals surface area contributed by atoms with Crippen molar-refractivity contribution >= 4 is 16.8 Å². The molecule has 1 aliphatic rings. The van der Waals surface area contributed by atoms with Crippen molar-refractivity contribution in [3.63, 3.8) is 0 Å². The monoisotopic (exact) mass is 330 g/mol. The largest absolute Gasteiger partial charge is 0.358 e. The summed E-state index contributed by atoms with van der Waals surface area (Å²) < 4.78 is 0. The van der Waals surface area contributed by atoms with Gasteiger partial charge in [-0.2, -0.15) is 0 Å². The maximum Gasteiger partial charge on any atom is 0 e. The molecule has 2 aromatic carbocycles. The molecule has 3 rings (SSSR count). The Bertz CT molecular complexity index is 498. The SMILES string of the molecule is C1=Cc2c(ccc3ccccc23)C1.CC.CC.[CH3-].[Y]. The Morgan fingerprint density at radius 2 is 1.47 bits per heavy atom. The van der Waals surface area contributed by atoms with Crippen LogP contribution in [0.15, 0.2) is 42.5 Å². The molecular formula is C18H25Y-. The predicted molar refractivity (Wildman–Crippen MR) is 85.8 cm³/mol. The first-order valence-corrected chi connectivity index (χ1v) is 6.62. The fraction of sp³-hybridized carbons (Fsp3) is 0.278. The number of allylic oxidation sites excluding steroid dienone is 1. The fourth-order valence-corrected chi connectivity index (χ4v) is 2.02. The molecular weight excluding hydrogens is 305 g/mol. The molecule has 0 saturated carbocycles. The van der Waals surface area contributed by atoms with Crippen molar-refractivity contribution in [1.82, 2.24) is 0 Å². The standard InChI is InChI=1S/C13H10.2C2H6.CH3.Y/c1-2-6-12-10(4-1)8-9-11-5-3-7-13(11)12;2*1-2;;/h1-4,6-9H,5H2;2*1-2H3;1H3;/q;;;-1;. The summed E-state index contributed by atoms with van der Waals surface area (Å²) in [5, 5.41) is 2.72. The van der Waals surface area contributed by atoms with Crippen molar-refractivity contribution in [3.05, 3.63) is 61.0 Å². The molecule has 0 bridgehead atoms.